The van der Waals surface area contributed by atoms with E-state index < -0.39 is 0 Å². The van der Waals surface area contributed by atoms with Crippen LogP contribution in [0.3, 0.4) is 0 Å². The van der Waals surface area contributed by atoms with Crippen molar-refractivity contribution in [1.29, 1.82) is 0 Å². The van der Waals surface area contributed by atoms with Crippen LogP contribution in [0.4, 0.5) is 0 Å². The van der Waals surface area contributed by atoms with Gasteiger partial charge in [0.1, 0.15) is 0 Å². The highest BCUT2D eigenvalue weighted by Crippen LogP contribution is 2.42. The van der Waals surface area contributed by atoms with Gasteiger partial charge in [0.15, 0.2) is 5.79 Å². The van der Waals surface area contributed by atoms with Gasteiger partial charge in [0.25, 0.3) is 0 Å². The molecule has 0 aromatic heterocycles. The highest BCUT2D eigenvalue weighted by Gasteiger charge is 2.46. The first-order valence-corrected chi connectivity index (χ1v) is 6.26. The van der Waals surface area contributed by atoms with Crippen molar-refractivity contribution in [3.05, 3.63) is 12.7 Å². The fourth-order valence-corrected chi connectivity index (χ4v) is 2.77. The summed E-state index contributed by atoms with van der Waals surface area (Å²) in [5.41, 5.74) is 0. The van der Waals surface area contributed by atoms with Gasteiger partial charge in [-0.3, -0.25) is 0 Å². The first-order chi connectivity index (χ1) is 7.29. The van der Waals surface area contributed by atoms with Crippen LogP contribution in [-0.4, -0.2) is 18.0 Å². The van der Waals surface area contributed by atoms with Crippen molar-refractivity contribution in [2.24, 2.45) is 0 Å². The van der Waals surface area contributed by atoms with Crippen molar-refractivity contribution in [2.45, 2.75) is 69.9 Å². The summed E-state index contributed by atoms with van der Waals surface area (Å²) >= 11 is 0. The third-order valence-electron chi connectivity index (χ3n) is 3.56. The van der Waals surface area contributed by atoms with E-state index in [0.717, 1.165) is 25.7 Å². The molecule has 2 nitrogen and oxygen atoms in total. The lowest BCUT2D eigenvalue weighted by molar-refractivity contribution is -0.193. The summed E-state index contributed by atoms with van der Waals surface area (Å²) in [4.78, 5) is 0. The highest BCUT2D eigenvalue weighted by molar-refractivity contribution is 4.90. The smallest absolute Gasteiger partial charge is 0.169 e. The molecule has 1 saturated heterocycles. The summed E-state index contributed by atoms with van der Waals surface area (Å²) in [5, 5.41) is 0. The van der Waals surface area contributed by atoms with Gasteiger partial charge in [0, 0.05) is 12.8 Å². The fourth-order valence-electron chi connectivity index (χ4n) is 2.77. The molecule has 1 heterocycles. The van der Waals surface area contributed by atoms with Gasteiger partial charge < -0.3 is 9.47 Å². The van der Waals surface area contributed by atoms with Crippen LogP contribution in [0, 0.1) is 0 Å². The molecule has 1 spiro atoms. The zero-order chi connectivity index (χ0) is 10.7. The molecule has 0 N–H and O–H groups in total. The molecule has 0 bridgehead atoms. The van der Waals surface area contributed by atoms with Gasteiger partial charge in [-0.15, -0.1) is 6.58 Å². The van der Waals surface area contributed by atoms with E-state index in [1.165, 1.54) is 19.3 Å². The minimum atomic E-state index is -0.230. The first-order valence-electron chi connectivity index (χ1n) is 6.26. The van der Waals surface area contributed by atoms with E-state index in [4.69, 9.17) is 9.47 Å². The van der Waals surface area contributed by atoms with E-state index in [-0.39, 0.29) is 18.0 Å². The summed E-state index contributed by atoms with van der Waals surface area (Å²) in [5.74, 6) is -0.230. The maximum absolute atomic E-state index is 6.14. The maximum Gasteiger partial charge on any atom is 0.169 e. The average molecular weight is 210 g/mol. The Morgan fingerprint density at radius 2 is 1.87 bits per heavy atom. The molecule has 2 atom stereocenters. The van der Waals surface area contributed by atoms with Crippen LogP contribution in [0.15, 0.2) is 12.7 Å². The van der Waals surface area contributed by atoms with Crippen molar-refractivity contribution in [3.8, 4) is 0 Å². The summed E-state index contributed by atoms with van der Waals surface area (Å²) in [6, 6.07) is 0. The Morgan fingerprint density at radius 3 is 2.47 bits per heavy atom. The van der Waals surface area contributed by atoms with Crippen molar-refractivity contribution in [3.63, 3.8) is 0 Å². The molecule has 1 aliphatic carbocycles. The Kier molecular flexibility index (Phi) is 3.47. The second kappa shape index (κ2) is 4.67. The molecule has 0 radical (unpaired) electrons. The Hall–Kier alpha value is -0.340. The first kappa shape index (κ1) is 11.2. The molecule has 0 aromatic carbocycles. The largest absolute Gasteiger partial charge is 0.344 e. The van der Waals surface area contributed by atoms with Crippen molar-refractivity contribution in [1.82, 2.24) is 0 Å². The second-order valence-corrected chi connectivity index (χ2v) is 4.72. The van der Waals surface area contributed by atoms with Crippen molar-refractivity contribution >= 4 is 0 Å². The molecular weight excluding hydrogens is 188 g/mol. The topological polar surface area (TPSA) is 18.5 Å². The molecule has 0 unspecified atom stereocenters. The Bertz CT molecular complexity index is 219. The van der Waals surface area contributed by atoms with Crippen LogP contribution >= 0.6 is 0 Å². The van der Waals surface area contributed by atoms with E-state index in [0.29, 0.717) is 0 Å². The lowest BCUT2D eigenvalue weighted by Crippen LogP contribution is -2.33. The minimum Gasteiger partial charge on any atom is -0.344 e. The van der Waals surface area contributed by atoms with E-state index in [9.17, 15) is 0 Å². The fraction of sp³-hybridized carbons (Fsp3) is 0.846. The normalized spacial score (nSPS) is 34.5. The third-order valence-corrected chi connectivity index (χ3v) is 3.56. The van der Waals surface area contributed by atoms with E-state index >= 15 is 0 Å². The number of rotatable bonds is 3. The van der Waals surface area contributed by atoms with Gasteiger partial charge in [-0.2, -0.15) is 0 Å². The Labute approximate surface area is 92.6 Å². The standard InChI is InChI=1S/C13H22O2/c1-3-8-12-11(4-2)14-13(15-12)9-6-5-7-10-13/h3,11-12H,1,4-10H2,2H3/t11-,12-/m1/s1. The average Bonchev–Trinajstić information content (AvgIpc) is 2.58. The predicted octanol–water partition coefficient (Wildman–Crippen LogP) is 3.42. The van der Waals surface area contributed by atoms with E-state index in [2.05, 4.69) is 13.5 Å². The predicted molar refractivity (Wildman–Crippen MR) is 60.7 cm³/mol. The van der Waals surface area contributed by atoms with Crippen molar-refractivity contribution < 1.29 is 9.47 Å². The molecule has 86 valence electrons. The van der Waals surface area contributed by atoms with E-state index in [1.54, 1.807) is 0 Å². The molecule has 2 heteroatoms. The number of hydrogen-bond donors (Lipinski definition) is 0. The molecule has 2 fully saturated rings. The molecule has 2 rings (SSSR count). The summed E-state index contributed by atoms with van der Waals surface area (Å²) < 4.78 is 12.3. The van der Waals surface area contributed by atoms with E-state index in [1.807, 2.05) is 6.08 Å². The zero-order valence-corrected chi connectivity index (χ0v) is 9.71. The molecule has 0 aromatic rings. The molecule has 1 aliphatic heterocycles. The molecule has 2 aliphatic rings. The summed E-state index contributed by atoms with van der Waals surface area (Å²) in [6.45, 7) is 5.96. The van der Waals surface area contributed by atoms with Crippen LogP contribution in [0.25, 0.3) is 0 Å². The van der Waals surface area contributed by atoms with Gasteiger partial charge >= 0.3 is 0 Å². The molecule has 0 amide bonds. The van der Waals surface area contributed by atoms with Crippen LogP contribution in [0.5, 0.6) is 0 Å². The Balaban J connectivity index is 2.01. The van der Waals surface area contributed by atoms with Gasteiger partial charge in [-0.25, -0.2) is 0 Å². The van der Waals surface area contributed by atoms with Crippen LogP contribution in [0.2, 0.25) is 0 Å². The van der Waals surface area contributed by atoms with Crippen LogP contribution < -0.4 is 0 Å². The monoisotopic (exact) mass is 210 g/mol. The molecule has 1 saturated carbocycles. The summed E-state index contributed by atoms with van der Waals surface area (Å²) in [6.07, 6.45) is 10.4. The zero-order valence-electron chi connectivity index (χ0n) is 9.71. The van der Waals surface area contributed by atoms with Gasteiger partial charge in [-0.1, -0.05) is 19.4 Å². The van der Waals surface area contributed by atoms with Gasteiger partial charge in [0.2, 0.25) is 0 Å². The third kappa shape index (κ3) is 2.26. The van der Waals surface area contributed by atoms with Crippen LogP contribution in [-0.2, 0) is 9.47 Å². The van der Waals surface area contributed by atoms with Gasteiger partial charge in [0.05, 0.1) is 12.2 Å². The van der Waals surface area contributed by atoms with Crippen LogP contribution in [0.1, 0.15) is 51.9 Å². The lowest BCUT2D eigenvalue weighted by atomic mass is 9.94. The second-order valence-electron chi connectivity index (χ2n) is 4.72. The number of hydrogen-bond acceptors (Lipinski definition) is 2. The van der Waals surface area contributed by atoms with Gasteiger partial charge in [-0.05, 0) is 25.7 Å². The minimum absolute atomic E-state index is 0.230. The Morgan fingerprint density at radius 1 is 1.20 bits per heavy atom. The molecular formula is C13H22O2. The SMILES string of the molecule is C=CC[C@H]1OC2(CCCCC2)O[C@@H]1CC. The summed E-state index contributed by atoms with van der Waals surface area (Å²) in [7, 11) is 0. The maximum atomic E-state index is 6.14. The highest BCUT2D eigenvalue weighted by atomic mass is 16.8. The number of ether oxygens (including phenoxy) is 2. The van der Waals surface area contributed by atoms with Crippen molar-refractivity contribution in [2.75, 3.05) is 0 Å². The quantitative estimate of drug-likeness (QED) is 0.664. The lowest BCUT2D eigenvalue weighted by Gasteiger charge is -2.32. The molecule has 15 heavy (non-hydrogen) atoms.